The fourth-order valence-corrected chi connectivity index (χ4v) is 3.03. The van der Waals surface area contributed by atoms with Crippen molar-refractivity contribution in [3.05, 3.63) is 107 Å². The Kier molecular flexibility index (Phi) is 5.81. The third-order valence-corrected chi connectivity index (χ3v) is 4.49. The van der Waals surface area contributed by atoms with Crippen molar-refractivity contribution in [3.63, 3.8) is 0 Å². The minimum atomic E-state index is -0.223. The van der Waals surface area contributed by atoms with Crippen molar-refractivity contribution in [2.75, 3.05) is 0 Å². The van der Waals surface area contributed by atoms with E-state index in [1.165, 1.54) is 17.7 Å². The lowest BCUT2D eigenvalue weighted by Gasteiger charge is -2.06. The van der Waals surface area contributed by atoms with E-state index in [1.807, 2.05) is 53.9 Å². The maximum atomic E-state index is 13.0. The topological polar surface area (TPSA) is 12.4 Å². The van der Waals surface area contributed by atoms with E-state index in [2.05, 4.69) is 19.1 Å². The van der Waals surface area contributed by atoms with Gasteiger partial charge in [-0.05, 0) is 60.4 Å². The highest BCUT2D eigenvalue weighted by Gasteiger charge is 2.04. The van der Waals surface area contributed by atoms with E-state index in [-0.39, 0.29) is 5.82 Å². The molecule has 0 saturated heterocycles. The van der Waals surface area contributed by atoms with Gasteiger partial charge in [0.05, 0.1) is 11.4 Å². The number of allylic oxidation sites excluding steroid dienone is 1. The predicted molar refractivity (Wildman–Crippen MR) is 105 cm³/mol. The van der Waals surface area contributed by atoms with Crippen molar-refractivity contribution in [1.82, 2.24) is 0 Å². The molecule has 0 aliphatic heterocycles. The Morgan fingerprint density at radius 3 is 2.28 bits per heavy atom. The molecule has 0 unspecified atom stereocenters. The molecule has 124 valence electrons. The number of hydrogen-bond acceptors (Lipinski definition) is 2. The van der Waals surface area contributed by atoms with Gasteiger partial charge in [-0.1, -0.05) is 54.2 Å². The summed E-state index contributed by atoms with van der Waals surface area (Å²) < 4.78 is 13.0. The van der Waals surface area contributed by atoms with Crippen LogP contribution in [0.1, 0.15) is 11.1 Å². The molecule has 0 bridgehead atoms. The number of para-hydroxylation sites is 1. The number of aliphatic imine (C=N–C) groups is 1. The van der Waals surface area contributed by atoms with Gasteiger partial charge in [0.1, 0.15) is 5.82 Å². The molecule has 0 N–H and O–H groups in total. The highest BCUT2D eigenvalue weighted by molar-refractivity contribution is 8.02. The van der Waals surface area contributed by atoms with Crippen LogP contribution in [-0.4, -0.2) is 5.71 Å². The summed E-state index contributed by atoms with van der Waals surface area (Å²) in [6.45, 7) is 2.08. The van der Waals surface area contributed by atoms with Crippen LogP contribution < -0.4 is 0 Å². The Balaban J connectivity index is 1.89. The molecule has 0 fully saturated rings. The lowest BCUT2D eigenvalue weighted by molar-refractivity contribution is 0.626. The van der Waals surface area contributed by atoms with Crippen LogP contribution in [-0.2, 0) is 0 Å². The summed E-state index contributed by atoms with van der Waals surface area (Å²) in [6.07, 6.45) is 2.00. The summed E-state index contributed by atoms with van der Waals surface area (Å²) >= 11 is 1.54. The number of rotatable bonds is 5. The van der Waals surface area contributed by atoms with Gasteiger partial charge in [0.2, 0.25) is 0 Å². The van der Waals surface area contributed by atoms with E-state index in [0.29, 0.717) is 0 Å². The largest absolute Gasteiger partial charge is 0.248 e. The van der Waals surface area contributed by atoms with Gasteiger partial charge in [0, 0.05) is 10.5 Å². The Labute approximate surface area is 151 Å². The molecule has 0 aliphatic carbocycles. The van der Waals surface area contributed by atoms with E-state index in [4.69, 9.17) is 4.99 Å². The Hall–Kier alpha value is -2.65. The maximum Gasteiger partial charge on any atom is 0.123 e. The smallest absolute Gasteiger partial charge is 0.123 e. The molecule has 0 amide bonds. The monoisotopic (exact) mass is 347 g/mol. The van der Waals surface area contributed by atoms with E-state index >= 15 is 0 Å². The predicted octanol–water partition coefficient (Wildman–Crippen LogP) is 6.56. The normalized spacial score (nSPS) is 11.8. The maximum absolute atomic E-state index is 13.0. The summed E-state index contributed by atoms with van der Waals surface area (Å²) in [4.78, 5) is 5.78. The minimum absolute atomic E-state index is 0.223. The van der Waals surface area contributed by atoms with Crippen molar-refractivity contribution in [2.45, 2.75) is 11.8 Å². The van der Waals surface area contributed by atoms with Crippen LogP contribution in [0.4, 0.5) is 10.1 Å². The van der Waals surface area contributed by atoms with Gasteiger partial charge in [-0.25, -0.2) is 9.38 Å². The fourth-order valence-electron chi connectivity index (χ4n) is 2.38. The summed E-state index contributed by atoms with van der Waals surface area (Å²) in [6, 6.07) is 24.6. The first kappa shape index (κ1) is 17.2. The van der Waals surface area contributed by atoms with Crippen LogP contribution in [0.15, 0.2) is 100 Å². The van der Waals surface area contributed by atoms with Crippen LogP contribution in [0.2, 0.25) is 0 Å². The third-order valence-electron chi connectivity index (χ3n) is 3.67. The zero-order chi connectivity index (χ0) is 17.5. The Morgan fingerprint density at radius 1 is 0.880 bits per heavy atom. The van der Waals surface area contributed by atoms with Gasteiger partial charge in [0.25, 0.3) is 0 Å². The standard InChI is InChI=1S/C22H18FNS/c1-17-7-5-6-10-21(17)22(24-19-8-3-2-4-9-19)15-16-25-20-13-11-18(23)12-14-20/h2-16H,1H3. The molecule has 3 rings (SSSR count). The van der Waals surface area contributed by atoms with Crippen LogP contribution in [0, 0.1) is 12.7 Å². The molecule has 3 aromatic carbocycles. The van der Waals surface area contributed by atoms with Gasteiger partial charge in [0.15, 0.2) is 0 Å². The van der Waals surface area contributed by atoms with Crippen molar-refractivity contribution in [1.29, 1.82) is 0 Å². The molecule has 3 heteroatoms. The van der Waals surface area contributed by atoms with Crippen molar-refractivity contribution < 1.29 is 4.39 Å². The SMILES string of the molecule is Cc1ccccc1C(C=CSc1ccc(F)cc1)=Nc1ccccc1. The summed E-state index contributed by atoms with van der Waals surface area (Å²) in [5, 5.41) is 1.99. The van der Waals surface area contributed by atoms with Crippen LogP contribution in [0.3, 0.4) is 0 Å². The summed E-state index contributed by atoms with van der Waals surface area (Å²) in [5.41, 5.74) is 4.09. The number of nitrogens with zero attached hydrogens (tertiary/aromatic N) is 1. The van der Waals surface area contributed by atoms with Gasteiger partial charge in [-0.2, -0.15) is 0 Å². The lowest BCUT2D eigenvalue weighted by atomic mass is 10.0. The molecule has 1 nitrogen and oxygen atoms in total. The van der Waals surface area contributed by atoms with E-state index in [9.17, 15) is 4.39 Å². The van der Waals surface area contributed by atoms with Crippen LogP contribution in [0.5, 0.6) is 0 Å². The van der Waals surface area contributed by atoms with Crippen molar-refractivity contribution in [2.24, 2.45) is 4.99 Å². The molecule has 0 aliphatic rings. The van der Waals surface area contributed by atoms with Crippen LogP contribution >= 0.6 is 11.8 Å². The molecule has 0 atom stereocenters. The first-order chi connectivity index (χ1) is 12.2. The average Bonchev–Trinajstić information content (AvgIpc) is 2.64. The Bertz CT molecular complexity index is 883. The number of thioether (sulfide) groups is 1. The fraction of sp³-hybridized carbons (Fsp3) is 0.0455. The van der Waals surface area contributed by atoms with Gasteiger partial charge < -0.3 is 0 Å². The lowest BCUT2D eigenvalue weighted by Crippen LogP contribution is -1.99. The van der Waals surface area contributed by atoms with Gasteiger partial charge in [-0.3, -0.25) is 0 Å². The van der Waals surface area contributed by atoms with Gasteiger partial charge >= 0.3 is 0 Å². The molecular formula is C22H18FNS. The van der Waals surface area contributed by atoms with Crippen LogP contribution in [0.25, 0.3) is 0 Å². The zero-order valence-corrected chi connectivity index (χ0v) is 14.7. The molecule has 0 spiro atoms. The number of aryl methyl sites for hydroxylation is 1. The molecule has 3 aromatic rings. The molecular weight excluding hydrogens is 329 g/mol. The first-order valence-corrected chi connectivity index (χ1v) is 8.89. The zero-order valence-electron chi connectivity index (χ0n) is 13.9. The second kappa shape index (κ2) is 8.45. The first-order valence-electron chi connectivity index (χ1n) is 8.01. The molecule has 0 radical (unpaired) electrons. The second-order valence-corrected chi connectivity index (χ2v) is 6.50. The summed E-state index contributed by atoms with van der Waals surface area (Å²) in [7, 11) is 0. The second-order valence-electron chi connectivity index (χ2n) is 5.52. The molecule has 0 saturated carbocycles. The van der Waals surface area contributed by atoms with Crippen molar-refractivity contribution >= 4 is 23.2 Å². The Morgan fingerprint density at radius 2 is 1.56 bits per heavy atom. The van der Waals surface area contributed by atoms with Crippen molar-refractivity contribution in [3.8, 4) is 0 Å². The quantitative estimate of drug-likeness (QED) is 0.376. The number of benzene rings is 3. The van der Waals surface area contributed by atoms with E-state index in [1.54, 1.807) is 23.9 Å². The van der Waals surface area contributed by atoms with E-state index in [0.717, 1.165) is 21.9 Å². The highest BCUT2D eigenvalue weighted by Crippen LogP contribution is 2.21. The minimum Gasteiger partial charge on any atom is -0.248 e. The van der Waals surface area contributed by atoms with Gasteiger partial charge in [-0.15, -0.1) is 0 Å². The number of halogens is 1. The molecule has 0 heterocycles. The average molecular weight is 347 g/mol. The molecule has 25 heavy (non-hydrogen) atoms. The van der Waals surface area contributed by atoms with E-state index < -0.39 is 0 Å². The summed E-state index contributed by atoms with van der Waals surface area (Å²) in [5.74, 6) is -0.223. The number of hydrogen-bond donors (Lipinski definition) is 0. The molecule has 0 aromatic heterocycles. The third kappa shape index (κ3) is 4.91. The highest BCUT2D eigenvalue weighted by atomic mass is 32.2.